The van der Waals surface area contributed by atoms with Crippen LogP contribution in [0.15, 0.2) is 35.5 Å². The molecule has 0 amide bonds. The molecule has 0 bridgehead atoms. The van der Waals surface area contributed by atoms with Crippen molar-refractivity contribution in [2.45, 2.75) is 13.2 Å². The highest BCUT2D eigenvalue weighted by atomic mass is 19.4. The normalized spacial score (nSPS) is 13.4. The van der Waals surface area contributed by atoms with Crippen LogP contribution in [0.5, 0.6) is 0 Å². The third-order valence-corrected chi connectivity index (χ3v) is 2.07. The fourth-order valence-corrected chi connectivity index (χ4v) is 1.46. The van der Waals surface area contributed by atoms with Crippen molar-refractivity contribution in [1.29, 1.82) is 0 Å². The zero-order valence-corrected chi connectivity index (χ0v) is 8.36. The van der Waals surface area contributed by atoms with Crippen molar-refractivity contribution in [2.75, 3.05) is 0 Å². The second kappa shape index (κ2) is 3.62. The van der Waals surface area contributed by atoms with Gasteiger partial charge in [-0.05, 0) is 13.0 Å². The van der Waals surface area contributed by atoms with Crippen molar-refractivity contribution in [3.63, 3.8) is 0 Å². The average Bonchev–Trinajstić information content (AvgIpc) is 2.58. The lowest BCUT2D eigenvalue weighted by Crippen LogP contribution is -2.15. The third kappa shape index (κ3) is 2.05. The molecular formula is C10H8F3N3. The Morgan fingerprint density at radius 3 is 2.69 bits per heavy atom. The van der Waals surface area contributed by atoms with Gasteiger partial charge < -0.3 is 0 Å². The van der Waals surface area contributed by atoms with Crippen molar-refractivity contribution in [2.24, 2.45) is 4.99 Å². The number of para-hydroxylation sites is 1. The van der Waals surface area contributed by atoms with E-state index in [-0.39, 0.29) is 5.84 Å². The van der Waals surface area contributed by atoms with E-state index < -0.39 is 6.30 Å². The molecule has 1 heterocycles. The standard InChI is InChI=1S/C10H8F3N3/c1-7(15-10(11,12)13)16-9-5-3-2-4-8(9)6-14-16/h2-6H,1H3/b15-7+. The molecule has 0 aliphatic carbocycles. The zero-order valence-electron chi connectivity index (χ0n) is 8.36. The number of hydrogen-bond donors (Lipinski definition) is 0. The summed E-state index contributed by atoms with van der Waals surface area (Å²) in [6, 6.07) is 7.00. The maximum Gasteiger partial charge on any atom is 0.504 e. The van der Waals surface area contributed by atoms with Crippen molar-refractivity contribution < 1.29 is 13.2 Å². The molecule has 84 valence electrons. The smallest absolute Gasteiger partial charge is 0.219 e. The maximum absolute atomic E-state index is 12.1. The van der Waals surface area contributed by atoms with Gasteiger partial charge in [-0.2, -0.15) is 10.1 Å². The monoisotopic (exact) mass is 227 g/mol. The molecule has 3 nitrogen and oxygen atoms in total. The number of aliphatic imine (C=N–C) groups is 1. The molecule has 1 aromatic carbocycles. The quantitative estimate of drug-likeness (QED) is 0.386. The van der Waals surface area contributed by atoms with Crippen LogP contribution in [0, 0.1) is 0 Å². The molecule has 0 fully saturated rings. The van der Waals surface area contributed by atoms with Crippen molar-refractivity contribution in [3.05, 3.63) is 30.5 Å². The van der Waals surface area contributed by atoms with E-state index in [1.807, 2.05) is 0 Å². The summed E-state index contributed by atoms with van der Waals surface area (Å²) in [5.74, 6) is -0.200. The highest BCUT2D eigenvalue weighted by Gasteiger charge is 2.27. The Morgan fingerprint density at radius 1 is 1.31 bits per heavy atom. The lowest BCUT2D eigenvalue weighted by Gasteiger charge is -2.04. The van der Waals surface area contributed by atoms with E-state index in [4.69, 9.17) is 0 Å². The van der Waals surface area contributed by atoms with Crippen LogP contribution in [0.1, 0.15) is 6.92 Å². The van der Waals surface area contributed by atoms with Gasteiger partial charge in [0.2, 0.25) is 0 Å². The molecule has 2 aromatic rings. The maximum atomic E-state index is 12.1. The predicted octanol–water partition coefficient (Wildman–Crippen LogP) is 2.82. The van der Waals surface area contributed by atoms with Crippen LogP contribution in [0.4, 0.5) is 13.2 Å². The average molecular weight is 227 g/mol. The van der Waals surface area contributed by atoms with Crippen LogP contribution < -0.4 is 0 Å². The number of nitrogens with zero attached hydrogens (tertiary/aromatic N) is 3. The minimum absolute atomic E-state index is 0.200. The fourth-order valence-electron chi connectivity index (χ4n) is 1.46. The van der Waals surface area contributed by atoms with E-state index in [0.29, 0.717) is 5.52 Å². The van der Waals surface area contributed by atoms with E-state index in [1.165, 1.54) is 17.8 Å². The largest absolute Gasteiger partial charge is 0.504 e. The van der Waals surface area contributed by atoms with Gasteiger partial charge in [-0.15, -0.1) is 13.2 Å². The molecule has 0 aliphatic rings. The van der Waals surface area contributed by atoms with Gasteiger partial charge in [-0.3, -0.25) is 0 Å². The number of aromatic nitrogens is 2. The van der Waals surface area contributed by atoms with Gasteiger partial charge in [0, 0.05) is 5.39 Å². The van der Waals surface area contributed by atoms with Crippen LogP contribution in [-0.2, 0) is 0 Å². The van der Waals surface area contributed by atoms with Crippen molar-refractivity contribution in [3.8, 4) is 0 Å². The minimum Gasteiger partial charge on any atom is -0.219 e. The first kappa shape index (κ1) is 10.7. The Kier molecular flexibility index (Phi) is 2.41. The van der Waals surface area contributed by atoms with Crippen LogP contribution in [0.3, 0.4) is 0 Å². The van der Waals surface area contributed by atoms with Crippen molar-refractivity contribution in [1.82, 2.24) is 9.78 Å². The molecule has 0 atom stereocenters. The Hall–Kier alpha value is -1.85. The molecule has 1 aromatic heterocycles. The SMILES string of the molecule is C/C(=N\C(F)(F)F)n1ncc2ccccc21. The summed E-state index contributed by atoms with van der Waals surface area (Å²) in [4.78, 5) is 2.62. The summed E-state index contributed by atoms with van der Waals surface area (Å²) in [7, 11) is 0. The summed E-state index contributed by atoms with van der Waals surface area (Å²) in [5, 5.41) is 4.64. The first-order chi connectivity index (χ1) is 7.47. The molecule has 2 rings (SSSR count). The highest BCUT2D eigenvalue weighted by Crippen LogP contribution is 2.18. The van der Waals surface area contributed by atoms with Gasteiger partial charge in [0.25, 0.3) is 0 Å². The first-order valence-electron chi connectivity index (χ1n) is 4.54. The molecule has 0 saturated heterocycles. The van der Waals surface area contributed by atoms with Crippen molar-refractivity contribution >= 4 is 16.7 Å². The number of halogens is 3. The van der Waals surface area contributed by atoms with E-state index >= 15 is 0 Å². The lowest BCUT2D eigenvalue weighted by molar-refractivity contribution is -0.119. The fraction of sp³-hybridized carbons (Fsp3) is 0.200. The molecule has 0 radical (unpaired) electrons. The number of rotatable bonds is 0. The van der Waals surface area contributed by atoms with E-state index in [2.05, 4.69) is 10.1 Å². The Morgan fingerprint density at radius 2 is 2.00 bits per heavy atom. The lowest BCUT2D eigenvalue weighted by atomic mass is 10.2. The third-order valence-electron chi connectivity index (χ3n) is 2.07. The van der Waals surface area contributed by atoms with Crippen LogP contribution >= 0.6 is 0 Å². The van der Waals surface area contributed by atoms with Gasteiger partial charge in [0.05, 0.1) is 11.7 Å². The van der Waals surface area contributed by atoms with Gasteiger partial charge in [-0.1, -0.05) is 18.2 Å². The van der Waals surface area contributed by atoms with Crippen LogP contribution in [0.25, 0.3) is 10.9 Å². The minimum atomic E-state index is -4.57. The second-order valence-electron chi connectivity index (χ2n) is 3.24. The molecule has 0 N–H and O–H groups in total. The van der Waals surface area contributed by atoms with Gasteiger partial charge in [0.1, 0.15) is 5.84 Å². The van der Waals surface area contributed by atoms with Crippen LogP contribution in [0.2, 0.25) is 0 Å². The molecular weight excluding hydrogens is 219 g/mol. The summed E-state index contributed by atoms with van der Waals surface area (Å²) < 4.78 is 37.4. The Labute approximate surface area is 89.2 Å². The summed E-state index contributed by atoms with van der Waals surface area (Å²) in [6.45, 7) is 1.27. The summed E-state index contributed by atoms with van der Waals surface area (Å²) in [5.41, 5.74) is 0.605. The topological polar surface area (TPSA) is 30.2 Å². The van der Waals surface area contributed by atoms with Gasteiger partial charge >= 0.3 is 6.30 Å². The summed E-state index contributed by atoms with van der Waals surface area (Å²) in [6.07, 6.45) is -3.07. The molecule has 0 unspecified atom stereocenters. The number of alkyl halides is 3. The molecule has 0 spiro atoms. The summed E-state index contributed by atoms with van der Waals surface area (Å²) >= 11 is 0. The number of benzene rings is 1. The predicted molar refractivity (Wildman–Crippen MR) is 54.3 cm³/mol. The molecule has 0 saturated carbocycles. The van der Waals surface area contributed by atoms with Gasteiger partial charge in [0.15, 0.2) is 0 Å². The Bertz CT molecular complexity index is 539. The Balaban J connectivity index is 2.52. The molecule has 0 aliphatic heterocycles. The molecule has 6 heteroatoms. The van der Waals surface area contributed by atoms with Gasteiger partial charge in [-0.25, -0.2) is 4.68 Å². The van der Waals surface area contributed by atoms with Crippen LogP contribution in [-0.4, -0.2) is 21.9 Å². The van der Waals surface area contributed by atoms with E-state index in [1.54, 1.807) is 24.3 Å². The van der Waals surface area contributed by atoms with E-state index in [9.17, 15) is 13.2 Å². The molecule has 16 heavy (non-hydrogen) atoms. The number of hydrogen-bond acceptors (Lipinski definition) is 2. The number of fused-ring (bicyclic) bond motifs is 1. The van der Waals surface area contributed by atoms with E-state index in [0.717, 1.165) is 5.39 Å². The first-order valence-corrected chi connectivity index (χ1v) is 4.54. The zero-order chi connectivity index (χ0) is 11.8. The second-order valence-corrected chi connectivity index (χ2v) is 3.24. The highest BCUT2D eigenvalue weighted by molar-refractivity contribution is 5.92.